The molecule has 0 aliphatic rings. The summed E-state index contributed by atoms with van der Waals surface area (Å²) in [5.41, 5.74) is 6.53. The average molecular weight is 432 g/mol. The monoisotopic (exact) mass is 431 g/mol. The number of carbonyl (C=O) groups excluding carboxylic acids is 2. The van der Waals surface area contributed by atoms with E-state index < -0.39 is 5.91 Å². The van der Waals surface area contributed by atoms with Crippen LogP contribution in [0, 0.1) is 0 Å². The molecular formula is C18H14BrN3O3S. The minimum Gasteiger partial charge on any atom is -0.488 e. The fourth-order valence-electron chi connectivity index (χ4n) is 2.16. The van der Waals surface area contributed by atoms with E-state index >= 15 is 0 Å². The molecule has 3 N–H and O–H groups in total. The number of anilines is 1. The molecule has 0 radical (unpaired) electrons. The Bertz CT molecular complexity index is 958. The van der Waals surface area contributed by atoms with Crippen LogP contribution < -0.4 is 15.8 Å². The molecule has 0 aliphatic carbocycles. The van der Waals surface area contributed by atoms with Gasteiger partial charge in [0.05, 0.1) is 11.8 Å². The quantitative estimate of drug-likeness (QED) is 0.619. The molecule has 2 amide bonds. The number of carbonyl (C=O) groups is 2. The molecule has 0 spiro atoms. The lowest BCUT2D eigenvalue weighted by Gasteiger charge is -2.11. The van der Waals surface area contributed by atoms with Crippen LogP contribution in [-0.4, -0.2) is 16.8 Å². The minimum absolute atomic E-state index is 0.277. The molecule has 1 heterocycles. The highest BCUT2D eigenvalue weighted by molar-refractivity contribution is 9.10. The Balaban J connectivity index is 1.74. The van der Waals surface area contributed by atoms with E-state index in [0.717, 1.165) is 21.4 Å². The third-order valence-corrected chi connectivity index (χ3v) is 5.14. The van der Waals surface area contributed by atoms with E-state index in [1.165, 1.54) is 6.20 Å². The average Bonchev–Trinajstić information content (AvgIpc) is 3.10. The van der Waals surface area contributed by atoms with Gasteiger partial charge in [-0.3, -0.25) is 14.9 Å². The SMILES string of the molecule is NC(=O)c1cnc(NC(=O)c2ccccc2OCc2ccccc2Br)s1. The number of amides is 2. The maximum absolute atomic E-state index is 12.5. The van der Waals surface area contributed by atoms with Crippen molar-refractivity contribution in [1.29, 1.82) is 0 Å². The number of primary amides is 1. The Morgan fingerprint density at radius 1 is 1.15 bits per heavy atom. The minimum atomic E-state index is -0.583. The predicted octanol–water partition coefficient (Wildman–Crippen LogP) is 3.84. The van der Waals surface area contributed by atoms with Crippen LogP contribution >= 0.6 is 27.3 Å². The molecular weight excluding hydrogens is 418 g/mol. The summed E-state index contributed by atoms with van der Waals surface area (Å²) in [6.07, 6.45) is 1.33. The van der Waals surface area contributed by atoms with Crippen LogP contribution in [0.3, 0.4) is 0 Å². The number of ether oxygens (including phenoxy) is 1. The van der Waals surface area contributed by atoms with Crippen molar-refractivity contribution in [3.63, 3.8) is 0 Å². The van der Waals surface area contributed by atoms with Crippen molar-refractivity contribution in [2.24, 2.45) is 5.73 Å². The first kappa shape index (κ1) is 18.1. The molecule has 6 nitrogen and oxygen atoms in total. The number of halogens is 1. The Hall–Kier alpha value is -2.71. The summed E-state index contributed by atoms with van der Waals surface area (Å²) < 4.78 is 6.76. The number of nitrogens with one attached hydrogen (secondary N) is 1. The maximum Gasteiger partial charge on any atom is 0.261 e. The Labute approximate surface area is 162 Å². The second-order valence-electron chi connectivity index (χ2n) is 5.22. The van der Waals surface area contributed by atoms with Crippen LogP contribution in [0.15, 0.2) is 59.2 Å². The summed E-state index contributed by atoms with van der Waals surface area (Å²) in [6, 6.07) is 14.6. The van der Waals surface area contributed by atoms with Crippen molar-refractivity contribution in [2.45, 2.75) is 6.61 Å². The summed E-state index contributed by atoms with van der Waals surface area (Å²) in [4.78, 5) is 27.9. The molecule has 0 saturated carbocycles. The second kappa shape index (κ2) is 8.11. The number of hydrogen-bond acceptors (Lipinski definition) is 5. The van der Waals surface area contributed by atoms with Crippen molar-refractivity contribution < 1.29 is 14.3 Å². The number of thiazole rings is 1. The van der Waals surface area contributed by atoms with Crippen LogP contribution in [0.5, 0.6) is 5.75 Å². The van der Waals surface area contributed by atoms with Crippen molar-refractivity contribution in [3.05, 3.63) is 75.2 Å². The van der Waals surface area contributed by atoms with E-state index in [4.69, 9.17) is 10.5 Å². The number of aromatic nitrogens is 1. The lowest BCUT2D eigenvalue weighted by atomic mass is 10.2. The maximum atomic E-state index is 12.5. The van der Waals surface area contributed by atoms with Crippen molar-refractivity contribution in [2.75, 3.05) is 5.32 Å². The molecule has 0 atom stereocenters. The molecule has 132 valence electrons. The highest BCUT2D eigenvalue weighted by atomic mass is 79.9. The van der Waals surface area contributed by atoms with Gasteiger partial charge in [0.15, 0.2) is 5.13 Å². The van der Waals surface area contributed by atoms with Crippen LogP contribution in [-0.2, 0) is 6.61 Å². The van der Waals surface area contributed by atoms with E-state index in [9.17, 15) is 9.59 Å². The summed E-state index contributed by atoms with van der Waals surface area (Å²) in [7, 11) is 0. The molecule has 0 fully saturated rings. The summed E-state index contributed by atoms with van der Waals surface area (Å²) in [5, 5.41) is 2.95. The highest BCUT2D eigenvalue weighted by Crippen LogP contribution is 2.24. The number of rotatable bonds is 6. The summed E-state index contributed by atoms with van der Waals surface area (Å²) in [5.74, 6) is -0.509. The zero-order chi connectivity index (χ0) is 18.5. The van der Waals surface area contributed by atoms with Gasteiger partial charge in [-0.1, -0.05) is 57.6 Å². The van der Waals surface area contributed by atoms with Gasteiger partial charge < -0.3 is 10.5 Å². The lowest BCUT2D eigenvalue weighted by Crippen LogP contribution is -2.13. The van der Waals surface area contributed by atoms with Crippen molar-refractivity contribution in [1.82, 2.24) is 4.98 Å². The third-order valence-electron chi connectivity index (χ3n) is 3.44. The first-order valence-electron chi connectivity index (χ1n) is 7.57. The molecule has 26 heavy (non-hydrogen) atoms. The molecule has 8 heteroatoms. The van der Waals surface area contributed by atoms with Gasteiger partial charge in [0.2, 0.25) is 0 Å². The van der Waals surface area contributed by atoms with Crippen molar-refractivity contribution >= 4 is 44.2 Å². The topological polar surface area (TPSA) is 94.3 Å². The van der Waals surface area contributed by atoms with E-state index in [1.54, 1.807) is 24.3 Å². The number of hydrogen-bond donors (Lipinski definition) is 2. The molecule has 3 aromatic rings. The highest BCUT2D eigenvalue weighted by Gasteiger charge is 2.15. The Morgan fingerprint density at radius 3 is 2.62 bits per heavy atom. The number of benzene rings is 2. The third kappa shape index (κ3) is 4.27. The van der Waals surface area contributed by atoms with E-state index in [2.05, 4.69) is 26.2 Å². The molecule has 2 aromatic carbocycles. The van der Waals surface area contributed by atoms with Gasteiger partial charge in [-0.25, -0.2) is 4.98 Å². The van der Waals surface area contributed by atoms with Crippen LogP contribution in [0.1, 0.15) is 25.6 Å². The van der Waals surface area contributed by atoms with Crippen LogP contribution in [0.25, 0.3) is 0 Å². The van der Waals surface area contributed by atoms with Gasteiger partial charge in [0.1, 0.15) is 17.2 Å². The van der Waals surface area contributed by atoms with E-state index in [-0.39, 0.29) is 10.8 Å². The predicted molar refractivity (Wildman–Crippen MR) is 104 cm³/mol. The number of para-hydroxylation sites is 1. The largest absolute Gasteiger partial charge is 0.488 e. The van der Waals surface area contributed by atoms with Crippen molar-refractivity contribution in [3.8, 4) is 5.75 Å². The first-order valence-corrected chi connectivity index (χ1v) is 9.18. The fraction of sp³-hybridized carbons (Fsp3) is 0.0556. The molecule has 0 bridgehead atoms. The Kier molecular flexibility index (Phi) is 5.65. The number of nitrogens with two attached hydrogens (primary N) is 1. The van der Waals surface area contributed by atoms with E-state index in [0.29, 0.717) is 23.1 Å². The standard InChI is InChI=1S/C18H14BrN3O3S/c19-13-7-3-1-5-11(13)10-25-14-8-4-2-6-12(14)17(24)22-18-21-9-15(26-18)16(20)23/h1-9H,10H2,(H2,20,23)(H,21,22,24). The molecule has 1 aromatic heterocycles. The lowest BCUT2D eigenvalue weighted by molar-refractivity contribution is 0.1000. The van der Waals surface area contributed by atoms with Crippen LogP contribution in [0.4, 0.5) is 5.13 Å². The first-order chi connectivity index (χ1) is 12.5. The molecule has 0 aliphatic heterocycles. The van der Waals surface area contributed by atoms with Gasteiger partial charge in [-0.15, -0.1) is 0 Å². The van der Waals surface area contributed by atoms with Gasteiger partial charge in [0, 0.05) is 10.0 Å². The smallest absolute Gasteiger partial charge is 0.261 e. The molecule has 3 rings (SSSR count). The fourth-order valence-corrected chi connectivity index (χ4v) is 3.22. The van der Waals surface area contributed by atoms with Gasteiger partial charge in [-0.05, 0) is 18.2 Å². The van der Waals surface area contributed by atoms with Gasteiger partial charge in [-0.2, -0.15) is 0 Å². The normalized spacial score (nSPS) is 10.3. The Morgan fingerprint density at radius 2 is 1.88 bits per heavy atom. The zero-order valence-electron chi connectivity index (χ0n) is 13.4. The number of nitrogens with zero attached hydrogens (tertiary/aromatic N) is 1. The summed E-state index contributed by atoms with van der Waals surface area (Å²) >= 11 is 4.49. The summed E-state index contributed by atoms with van der Waals surface area (Å²) in [6.45, 7) is 0.314. The second-order valence-corrected chi connectivity index (χ2v) is 7.11. The van der Waals surface area contributed by atoms with Gasteiger partial charge in [0.25, 0.3) is 11.8 Å². The molecule has 0 saturated heterocycles. The van der Waals surface area contributed by atoms with Gasteiger partial charge >= 0.3 is 0 Å². The zero-order valence-corrected chi connectivity index (χ0v) is 15.8. The van der Waals surface area contributed by atoms with E-state index in [1.807, 2.05) is 24.3 Å². The molecule has 0 unspecified atom stereocenters. The van der Waals surface area contributed by atoms with Crippen LogP contribution in [0.2, 0.25) is 0 Å².